The number of nitrogens with zero attached hydrogens (tertiary/aromatic N) is 1. The largest absolute Gasteiger partial charge is 0.480 e. The van der Waals surface area contributed by atoms with Crippen LogP contribution in [0.25, 0.3) is 0 Å². The Morgan fingerprint density at radius 3 is 2.30 bits per heavy atom. The normalized spacial score (nSPS) is 18.2. The van der Waals surface area contributed by atoms with Gasteiger partial charge in [-0.15, -0.1) is 0 Å². The molecule has 0 radical (unpaired) electrons. The highest BCUT2D eigenvalue weighted by atomic mass is 35.5. The monoisotopic (exact) mass is 459 g/mol. The molecule has 1 aliphatic heterocycles. The molecular formula is C20H30ClN3O5S. The molecule has 1 atom stereocenters. The van der Waals surface area contributed by atoms with E-state index in [1.54, 1.807) is 26.0 Å². The Morgan fingerprint density at radius 2 is 1.80 bits per heavy atom. The van der Waals surface area contributed by atoms with Gasteiger partial charge in [-0.3, -0.25) is 9.59 Å². The summed E-state index contributed by atoms with van der Waals surface area (Å²) >= 11 is 5.85. The van der Waals surface area contributed by atoms with Crippen LogP contribution >= 0.6 is 11.6 Å². The van der Waals surface area contributed by atoms with E-state index in [0.717, 1.165) is 5.56 Å². The SMILES string of the molecule is CC(C)[C@@](C)(NS(=O)(=O)N1CCC(CC(=O)NCc2ccc(Cl)cc2)CC1)C(=O)O. The van der Waals surface area contributed by atoms with E-state index in [1.165, 1.54) is 11.2 Å². The molecule has 10 heteroatoms. The lowest BCUT2D eigenvalue weighted by Gasteiger charge is -2.35. The highest BCUT2D eigenvalue weighted by Gasteiger charge is 2.42. The van der Waals surface area contributed by atoms with E-state index >= 15 is 0 Å². The van der Waals surface area contributed by atoms with E-state index in [4.69, 9.17) is 11.6 Å². The van der Waals surface area contributed by atoms with Crippen molar-refractivity contribution in [3.63, 3.8) is 0 Å². The van der Waals surface area contributed by atoms with Crippen LogP contribution in [0.1, 0.15) is 45.6 Å². The van der Waals surface area contributed by atoms with E-state index in [0.29, 0.717) is 30.8 Å². The Labute approximate surface area is 183 Å². The van der Waals surface area contributed by atoms with E-state index in [-0.39, 0.29) is 24.9 Å². The number of nitrogens with one attached hydrogen (secondary N) is 2. The topological polar surface area (TPSA) is 116 Å². The number of carboxylic acids is 1. The number of carbonyl (C=O) groups is 2. The molecular weight excluding hydrogens is 430 g/mol. The maximum atomic E-state index is 12.7. The molecule has 1 heterocycles. The summed E-state index contributed by atoms with van der Waals surface area (Å²) < 4.78 is 29.0. The van der Waals surface area contributed by atoms with Crippen molar-refractivity contribution in [3.8, 4) is 0 Å². The zero-order chi connectivity index (χ0) is 22.5. The summed E-state index contributed by atoms with van der Waals surface area (Å²) in [6, 6.07) is 7.23. The fraction of sp³-hybridized carbons (Fsp3) is 0.600. The van der Waals surface area contributed by atoms with Crippen LogP contribution in [-0.2, 0) is 26.3 Å². The predicted molar refractivity (Wildman–Crippen MR) is 115 cm³/mol. The van der Waals surface area contributed by atoms with Crippen molar-refractivity contribution in [1.29, 1.82) is 0 Å². The van der Waals surface area contributed by atoms with Crippen LogP contribution in [0.5, 0.6) is 0 Å². The van der Waals surface area contributed by atoms with E-state index in [9.17, 15) is 23.1 Å². The zero-order valence-corrected chi connectivity index (χ0v) is 19.1. The molecule has 1 saturated heterocycles. The minimum Gasteiger partial charge on any atom is -0.480 e. The molecule has 0 aliphatic carbocycles. The van der Waals surface area contributed by atoms with Crippen molar-refractivity contribution in [2.45, 2.75) is 52.1 Å². The van der Waals surface area contributed by atoms with Crippen LogP contribution in [0, 0.1) is 11.8 Å². The summed E-state index contributed by atoms with van der Waals surface area (Å²) in [5.41, 5.74) is -0.636. The van der Waals surface area contributed by atoms with E-state index in [2.05, 4.69) is 10.0 Å². The van der Waals surface area contributed by atoms with E-state index in [1.807, 2.05) is 12.1 Å². The smallest absolute Gasteiger partial charge is 0.324 e. The third kappa shape index (κ3) is 6.41. The summed E-state index contributed by atoms with van der Waals surface area (Å²) in [5, 5.41) is 13.0. The third-order valence-electron chi connectivity index (χ3n) is 5.73. The highest BCUT2D eigenvalue weighted by molar-refractivity contribution is 7.87. The first-order valence-corrected chi connectivity index (χ1v) is 11.8. The Hall–Kier alpha value is -1.68. The first-order valence-electron chi connectivity index (χ1n) is 9.97. The maximum absolute atomic E-state index is 12.7. The Balaban J connectivity index is 1.84. The van der Waals surface area contributed by atoms with Crippen molar-refractivity contribution < 1.29 is 23.1 Å². The number of amides is 1. The molecule has 1 amide bonds. The number of carboxylic acid groups (broad SMARTS) is 1. The molecule has 3 N–H and O–H groups in total. The van der Waals surface area contributed by atoms with Crippen molar-refractivity contribution in [2.75, 3.05) is 13.1 Å². The summed E-state index contributed by atoms with van der Waals surface area (Å²) in [5.74, 6) is -1.64. The standard InChI is InChI=1S/C20H30ClN3O5S/c1-14(2)20(3,19(26)27)23-30(28,29)24-10-8-15(9-11-24)12-18(25)22-13-16-4-6-17(21)7-5-16/h4-7,14-15,23H,8-13H2,1-3H3,(H,22,25)(H,26,27)/t20-/m1/s1. The Kier molecular flexibility index (Phi) is 8.27. The number of aliphatic carboxylic acids is 1. The molecule has 0 saturated carbocycles. The van der Waals surface area contributed by atoms with E-state index < -0.39 is 27.6 Å². The molecule has 30 heavy (non-hydrogen) atoms. The van der Waals surface area contributed by atoms with Gasteiger partial charge < -0.3 is 10.4 Å². The third-order valence-corrected chi connectivity index (χ3v) is 7.71. The molecule has 0 unspecified atom stereocenters. The van der Waals surface area contributed by atoms with Gasteiger partial charge in [-0.1, -0.05) is 37.6 Å². The van der Waals surface area contributed by atoms with Gasteiger partial charge in [0.2, 0.25) is 5.91 Å². The highest BCUT2D eigenvalue weighted by Crippen LogP contribution is 2.24. The number of hydrogen-bond acceptors (Lipinski definition) is 4. The Bertz CT molecular complexity index is 852. The average molecular weight is 460 g/mol. The number of piperidine rings is 1. The van der Waals surface area contributed by atoms with Gasteiger partial charge in [0.05, 0.1) is 0 Å². The lowest BCUT2D eigenvalue weighted by atomic mass is 9.90. The summed E-state index contributed by atoms with van der Waals surface area (Å²) in [6.07, 6.45) is 1.41. The van der Waals surface area contributed by atoms with Crippen molar-refractivity contribution in [2.24, 2.45) is 11.8 Å². The van der Waals surface area contributed by atoms with Crippen LogP contribution in [0.4, 0.5) is 0 Å². The molecule has 1 fully saturated rings. The second-order valence-corrected chi connectivity index (χ2v) is 10.3. The fourth-order valence-electron chi connectivity index (χ4n) is 3.23. The van der Waals surface area contributed by atoms with Crippen molar-refractivity contribution >= 4 is 33.7 Å². The minimum atomic E-state index is -3.94. The summed E-state index contributed by atoms with van der Waals surface area (Å²) in [4.78, 5) is 23.8. The molecule has 168 valence electrons. The number of rotatable bonds is 9. The van der Waals surface area contributed by atoms with Crippen LogP contribution in [0.3, 0.4) is 0 Å². The summed E-state index contributed by atoms with van der Waals surface area (Å²) in [6.45, 7) is 5.60. The molecule has 8 nitrogen and oxygen atoms in total. The minimum absolute atomic E-state index is 0.0809. The van der Waals surface area contributed by atoms with Gasteiger partial charge >= 0.3 is 5.97 Å². The first-order chi connectivity index (χ1) is 13.9. The number of benzene rings is 1. The molecule has 1 aromatic carbocycles. The van der Waals surface area contributed by atoms with Gasteiger partial charge in [0.25, 0.3) is 10.2 Å². The number of halogens is 1. The van der Waals surface area contributed by atoms with Gasteiger partial charge in [-0.2, -0.15) is 17.4 Å². The molecule has 2 rings (SSSR count). The fourth-order valence-corrected chi connectivity index (χ4v) is 5.04. The summed E-state index contributed by atoms with van der Waals surface area (Å²) in [7, 11) is -3.94. The lowest BCUT2D eigenvalue weighted by Crippen LogP contribution is -2.59. The van der Waals surface area contributed by atoms with Gasteiger partial charge in [0.15, 0.2) is 0 Å². The van der Waals surface area contributed by atoms with Crippen LogP contribution in [0.2, 0.25) is 5.02 Å². The van der Waals surface area contributed by atoms with Crippen molar-refractivity contribution in [3.05, 3.63) is 34.9 Å². The first kappa shape index (κ1) is 24.6. The quantitative estimate of drug-likeness (QED) is 0.524. The Morgan fingerprint density at radius 1 is 1.23 bits per heavy atom. The van der Waals surface area contributed by atoms with Gasteiger partial charge in [-0.25, -0.2) is 0 Å². The molecule has 0 aromatic heterocycles. The molecule has 0 spiro atoms. The van der Waals surface area contributed by atoms with Crippen LogP contribution < -0.4 is 10.0 Å². The predicted octanol–water partition coefficient (Wildman–Crippen LogP) is 2.39. The maximum Gasteiger partial charge on any atom is 0.324 e. The zero-order valence-electron chi connectivity index (χ0n) is 17.5. The van der Waals surface area contributed by atoms with Crippen LogP contribution in [0.15, 0.2) is 24.3 Å². The second kappa shape index (κ2) is 10.1. The average Bonchev–Trinajstić information content (AvgIpc) is 2.67. The molecule has 1 aliphatic rings. The van der Waals surface area contributed by atoms with Crippen molar-refractivity contribution in [1.82, 2.24) is 14.3 Å². The second-order valence-electron chi connectivity index (χ2n) is 8.22. The van der Waals surface area contributed by atoms with Gasteiger partial charge in [0, 0.05) is 31.1 Å². The molecule has 1 aromatic rings. The lowest BCUT2D eigenvalue weighted by molar-refractivity contribution is -0.145. The number of hydrogen-bond donors (Lipinski definition) is 3. The number of carbonyl (C=O) groups excluding carboxylic acids is 1. The molecule has 0 bridgehead atoms. The van der Waals surface area contributed by atoms with Gasteiger partial charge in [-0.05, 0) is 49.3 Å². The van der Waals surface area contributed by atoms with Gasteiger partial charge in [0.1, 0.15) is 5.54 Å². The van der Waals surface area contributed by atoms with Crippen LogP contribution in [-0.4, -0.2) is 48.3 Å².